The van der Waals surface area contributed by atoms with Crippen molar-refractivity contribution < 1.29 is 9.53 Å². The Kier molecular flexibility index (Phi) is 6.43. The Morgan fingerprint density at radius 1 is 1.15 bits per heavy atom. The summed E-state index contributed by atoms with van der Waals surface area (Å²) in [6, 6.07) is 18.5. The van der Waals surface area contributed by atoms with Crippen LogP contribution in [0.4, 0.5) is 5.82 Å². The second-order valence-electron chi connectivity index (χ2n) is 9.82. The summed E-state index contributed by atoms with van der Waals surface area (Å²) in [5.41, 5.74) is 2.93. The van der Waals surface area contributed by atoms with Crippen molar-refractivity contribution in [1.82, 2.24) is 15.1 Å². The van der Waals surface area contributed by atoms with Crippen molar-refractivity contribution in [3.05, 3.63) is 77.0 Å². The summed E-state index contributed by atoms with van der Waals surface area (Å²) in [6.07, 6.45) is 2.43. The number of rotatable bonds is 7. The van der Waals surface area contributed by atoms with E-state index in [0.717, 1.165) is 42.1 Å². The third kappa shape index (κ3) is 4.17. The maximum absolute atomic E-state index is 13.9. The van der Waals surface area contributed by atoms with Crippen molar-refractivity contribution in [3.8, 4) is 5.75 Å². The van der Waals surface area contributed by atoms with Gasteiger partial charge < -0.3 is 15.4 Å². The number of fused-ring (bicyclic) bond motifs is 1. The van der Waals surface area contributed by atoms with Gasteiger partial charge in [0.15, 0.2) is 0 Å². The molecular formula is C28H36N4O2. The number of anilines is 1. The van der Waals surface area contributed by atoms with E-state index in [2.05, 4.69) is 62.6 Å². The van der Waals surface area contributed by atoms with E-state index >= 15 is 0 Å². The minimum Gasteiger partial charge on any atom is -0.497 e. The molecule has 1 aliphatic rings. The average molecular weight is 461 g/mol. The van der Waals surface area contributed by atoms with Crippen LogP contribution in [-0.2, 0) is 11.1 Å². The second kappa shape index (κ2) is 9.16. The first-order valence-corrected chi connectivity index (χ1v) is 12.1. The predicted octanol–water partition coefficient (Wildman–Crippen LogP) is 5.94. The van der Waals surface area contributed by atoms with E-state index in [9.17, 15) is 4.79 Å². The Labute approximate surface area is 202 Å². The van der Waals surface area contributed by atoms with Crippen LogP contribution in [0.5, 0.6) is 5.75 Å². The molecule has 1 aromatic heterocycles. The molecule has 0 saturated carbocycles. The Bertz CT molecular complexity index is 1150. The normalized spacial score (nSPS) is 16.9. The van der Waals surface area contributed by atoms with Gasteiger partial charge in [0.05, 0.1) is 29.9 Å². The Balaban J connectivity index is 1.71. The summed E-state index contributed by atoms with van der Waals surface area (Å²) in [5.74, 6) is 1.49. The largest absolute Gasteiger partial charge is 0.497 e. The zero-order valence-electron chi connectivity index (χ0n) is 21.1. The maximum atomic E-state index is 13.9. The van der Waals surface area contributed by atoms with E-state index in [-0.39, 0.29) is 17.5 Å². The van der Waals surface area contributed by atoms with Crippen LogP contribution < -0.4 is 15.4 Å². The third-order valence-electron chi connectivity index (χ3n) is 7.28. The Morgan fingerprint density at radius 3 is 2.38 bits per heavy atom. The molecule has 1 unspecified atom stereocenters. The van der Waals surface area contributed by atoms with E-state index in [1.807, 2.05) is 41.9 Å². The number of ether oxygens (including phenoxy) is 1. The molecule has 0 aliphatic carbocycles. The lowest BCUT2D eigenvalue weighted by molar-refractivity contribution is 0.0889. The number of nitrogens with one attached hydrogen (secondary N) is 2. The molecule has 180 valence electrons. The molecule has 6 heteroatoms. The molecule has 1 atom stereocenters. The number of methoxy groups -OCH3 is 1. The quantitative estimate of drug-likeness (QED) is 0.458. The molecule has 6 nitrogen and oxygen atoms in total. The minimum absolute atomic E-state index is 0.102. The summed E-state index contributed by atoms with van der Waals surface area (Å²) in [5, 5.41) is 11.8. The first-order chi connectivity index (χ1) is 16.2. The number of hydrogen-bond acceptors (Lipinski definition) is 4. The number of carbonyl (C=O) groups is 1. The van der Waals surface area contributed by atoms with Crippen LogP contribution in [0, 0.1) is 6.92 Å². The number of aromatic nitrogens is 2. The number of benzene rings is 2. The number of amides is 1. The zero-order valence-corrected chi connectivity index (χ0v) is 21.1. The lowest BCUT2D eigenvalue weighted by Crippen LogP contribution is -2.45. The zero-order chi connectivity index (χ0) is 24.5. The molecule has 1 amide bonds. The van der Waals surface area contributed by atoms with Crippen molar-refractivity contribution in [2.75, 3.05) is 12.4 Å². The van der Waals surface area contributed by atoms with Gasteiger partial charge in [0, 0.05) is 0 Å². The average Bonchev–Trinajstić information content (AvgIpc) is 3.20. The highest BCUT2D eigenvalue weighted by Crippen LogP contribution is 2.41. The SMILES string of the molecule is CCC(CC)(NC(=O)c1c(C)nn2c1NC(c1ccccc1)CC2(C)C)c1ccc(OC)cc1. The molecule has 34 heavy (non-hydrogen) atoms. The topological polar surface area (TPSA) is 68.2 Å². The van der Waals surface area contributed by atoms with Crippen LogP contribution in [0.1, 0.15) is 80.2 Å². The lowest BCUT2D eigenvalue weighted by Gasteiger charge is -2.38. The van der Waals surface area contributed by atoms with Gasteiger partial charge in [-0.05, 0) is 63.3 Å². The van der Waals surface area contributed by atoms with E-state index < -0.39 is 5.54 Å². The van der Waals surface area contributed by atoms with Gasteiger partial charge in [-0.1, -0.05) is 56.3 Å². The Morgan fingerprint density at radius 2 is 1.79 bits per heavy atom. The van der Waals surface area contributed by atoms with Gasteiger partial charge in [-0.15, -0.1) is 0 Å². The molecule has 3 aromatic rings. The summed E-state index contributed by atoms with van der Waals surface area (Å²) in [7, 11) is 1.66. The third-order valence-corrected chi connectivity index (χ3v) is 7.28. The van der Waals surface area contributed by atoms with Gasteiger partial charge in [0.25, 0.3) is 5.91 Å². The fourth-order valence-corrected chi connectivity index (χ4v) is 5.16. The highest BCUT2D eigenvalue weighted by molar-refractivity contribution is 6.00. The van der Waals surface area contributed by atoms with Crippen LogP contribution in [0.2, 0.25) is 0 Å². The number of nitrogens with zero attached hydrogens (tertiary/aromatic N) is 2. The first-order valence-electron chi connectivity index (χ1n) is 12.1. The fraction of sp³-hybridized carbons (Fsp3) is 0.429. The van der Waals surface area contributed by atoms with Gasteiger partial charge in [0.1, 0.15) is 17.1 Å². The predicted molar refractivity (Wildman–Crippen MR) is 136 cm³/mol. The molecule has 2 N–H and O–H groups in total. The number of carbonyl (C=O) groups excluding carboxylic acids is 1. The molecule has 0 spiro atoms. The lowest BCUT2D eigenvalue weighted by atomic mass is 9.84. The van der Waals surface area contributed by atoms with Crippen LogP contribution in [0.3, 0.4) is 0 Å². The van der Waals surface area contributed by atoms with Crippen LogP contribution in [0.25, 0.3) is 0 Å². The molecule has 0 bridgehead atoms. The molecule has 4 rings (SSSR count). The van der Waals surface area contributed by atoms with E-state index in [0.29, 0.717) is 5.56 Å². The molecule has 2 aromatic carbocycles. The van der Waals surface area contributed by atoms with Gasteiger partial charge in [-0.3, -0.25) is 4.79 Å². The van der Waals surface area contributed by atoms with Crippen molar-refractivity contribution in [2.24, 2.45) is 0 Å². The van der Waals surface area contributed by atoms with Crippen LogP contribution in [0.15, 0.2) is 54.6 Å². The van der Waals surface area contributed by atoms with E-state index in [1.165, 1.54) is 5.56 Å². The second-order valence-corrected chi connectivity index (χ2v) is 9.82. The molecule has 0 radical (unpaired) electrons. The van der Waals surface area contributed by atoms with Crippen molar-refractivity contribution in [3.63, 3.8) is 0 Å². The fourth-order valence-electron chi connectivity index (χ4n) is 5.16. The monoisotopic (exact) mass is 460 g/mol. The number of hydrogen-bond donors (Lipinski definition) is 2. The smallest absolute Gasteiger partial charge is 0.257 e. The molecule has 2 heterocycles. The van der Waals surface area contributed by atoms with Crippen molar-refractivity contribution >= 4 is 11.7 Å². The van der Waals surface area contributed by atoms with Gasteiger partial charge in [-0.2, -0.15) is 5.10 Å². The van der Waals surface area contributed by atoms with Crippen molar-refractivity contribution in [1.29, 1.82) is 0 Å². The van der Waals surface area contributed by atoms with Crippen molar-refractivity contribution in [2.45, 2.75) is 71.0 Å². The standard InChI is InChI=1S/C28H36N4O2/c1-7-28(8-2,21-14-16-22(34-6)17-15-21)30-26(33)24-19(3)31-32-25(24)29-23(18-27(32,4)5)20-12-10-9-11-13-20/h9-17,23,29H,7-8,18H2,1-6H3,(H,30,33). The summed E-state index contributed by atoms with van der Waals surface area (Å²) >= 11 is 0. The maximum Gasteiger partial charge on any atom is 0.257 e. The van der Waals surface area contributed by atoms with Gasteiger partial charge in [-0.25, -0.2) is 4.68 Å². The summed E-state index contributed by atoms with van der Waals surface area (Å²) in [6.45, 7) is 10.5. The summed E-state index contributed by atoms with van der Waals surface area (Å²) < 4.78 is 7.32. The molecule has 1 aliphatic heterocycles. The molecule has 0 fully saturated rings. The Hall–Kier alpha value is -3.28. The van der Waals surface area contributed by atoms with E-state index in [4.69, 9.17) is 9.84 Å². The number of aryl methyl sites for hydroxylation is 1. The van der Waals surface area contributed by atoms with Gasteiger partial charge in [0.2, 0.25) is 0 Å². The van der Waals surface area contributed by atoms with Crippen LogP contribution >= 0.6 is 0 Å². The highest BCUT2D eigenvalue weighted by atomic mass is 16.5. The summed E-state index contributed by atoms with van der Waals surface area (Å²) in [4.78, 5) is 13.9. The van der Waals surface area contributed by atoms with Crippen LogP contribution in [-0.4, -0.2) is 22.8 Å². The van der Waals surface area contributed by atoms with Gasteiger partial charge >= 0.3 is 0 Å². The van der Waals surface area contributed by atoms with E-state index in [1.54, 1.807) is 7.11 Å². The molecular weight excluding hydrogens is 424 g/mol. The first kappa shape index (κ1) is 23.9. The minimum atomic E-state index is -0.479. The highest BCUT2D eigenvalue weighted by Gasteiger charge is 2.39. The molecule has 0 saturated heterocycles.